The molecule has 0 spiro atoms. The number of rotatable bonds is 9. The fourth-order valence-corrected chi connectivity index (χ4v) is 4.91. The lowest BCUT2D eigenvalue weighted by Gasteiger charge is -2.18. The summed E-state index contributed by atoms with van der Waals surface area (Å²) in [4.78, 5) is 18.1. The number of nitro groups is 1. The van der Waals surface area contributed by atoms with E-state index in [1.54, 1.807) is 41.1 Å². The van der Waals surface area contributed by atoms with E-state index >= 15 is 0 Å². The molecule has 2 heterocycles. The van der Waals surface area contributed by atoms with E-state index in [4.69, 9.17) is 5.73 Å². The van der Waals surface area contributed by atoms with Gasteiger partial charge in [0.25, 0.3) is 5.69 Å². The van der Waals surface area contributed by atoms with Gasteiger partial charge in [-0.1, -0.05) is 60.7 Å². The molecule has 0 radical (unpaired) electrons. The molecule has 0 atom stereocenters. The number of halogens is 6. The van der Waals surface area contributed by atoms with E-state index in [0.29, 0.717) is 11.8 Å². The van der Waals surface area contributed by atoms with Gasteiger partial charge in [-0.3, -0.25) is 10.1 Å². The van der Waals surface area contributed by atoms with Crippen LogP contribution in [-0.4, -0.2) is 24.0 Å². The van der Waals surface area contributed by atoms with E-state index in [9.17, 15) is 36.5 Å². The summed E-state index contributed by atoms with van der Waals surface area (Å²) >= 11 is 0. The lowest BCUT2D eigenvalue weighted by molar-refractivity contribution is -0.384. The summed E-state index contributed by atoms with van der Waals surface area (Å²) in [5.41, 5.74) is 5.14. The molecule has 0 bridgehead atoms. The van der Waals surface area contributed by atoms with Gasteiger partial charge < -0.3 is 25.5 Å². The molecule has 6 aromatic rings. The third-order valence-electron chi connectivity index (χ3n) is 7.31. The van der Waals surface area contributed by atoms with Crippen molar-refractivity contribution in [2.75, 3.05) is 16.4 Å². The Kier molecular flexibility index (Phi) is 10.4. The molecule has 258 valence electrons. The maximum Gasteiger partial charge on any atom is 0.418 e. The van der Waals surface area contributed by atoms with Crippen molar-refractivity contribution in [1.82, 2.24) is 19.1 Å². The largest absolute Gasteiger partial charge is 0.418 e. The van der Waals surface area contributed by atoms with E-state index in [1.807, 2.05) is 30.3 Å². The molecule has 50 heavy (non-hydrogen) atoms. The number of anilines is 3. The van der Waals surface area contributed by atoms with Gasteiger partial charge in [0.1, 0.15) is 5.69 Å². The lowest BCUT2D eigenvalue weighted by Crippen LogP contribution is -2.13. The molecule has 0 saturated carbocycles. The van der Waals surface area contributed by atoms with Crippen LogP contribution < -0.4 is 16.4 Å². The fraction of sp³-hybridized carbons (Fsp3) is 0.118. The first-order chi connectivity index (χ1) is 23.8. The van der Waals surface area contributed by atoms with Crippen LogP contribution in [0.25, 0.3) is 11.4 Å². The van der Waals surface area contributed by atoms with Gasteiger partial charge in [-0.25, -0.2) is 9.97 Å². The molecule has 4 N–H and O–H groups in total. The van der Waals surface area contributed by atoms with Crippen molar-refractivity contribution in [2.45, 2.75) is 25.4 Å². The minimum absolute atomic E-state index is 0.00365. The Morgan fingerprint density at radius 3 is 1.54 bits per heavy atom. The average molecular weight is 695 g/mol. The summed E-state index contributed by atoms with van der Waals surface area (Å²) in [5.74, 6) is 0. The number of nitrogen functional groups attached to an aromatic ring is 1. The molecule has 0 saturated heterocycles. The Hall–Kier alpha value is -6.32. The molecule has 4 aromatic carbocycles. The first-order valence-electron chi connectivity index (χ1n) is 14.7. The Balaban J connectivity index is 0.000000195. The predicted octanol–water partition coefficient (Wildman–Crippen LogP) is 8.50. The van der Waals surface area contributed by atoms with Crippen LogP contribution >= 0.6 is 0 Å². The second-order valence-corrected chi connectivity index (χ2v) is 10.7. The SMILES string of the molecule is Nc1cc(C(F)(F)F)c(NCc2ccccc2)cc1-n1ccnc1.O=[N+]([O-])c1cc(C(F)(F)F)c(NCc2ccccc2)cc1-n1ccnc1. The number of nitro benzene ring substituents is 1. The zero-order valence-corrected chi connectivity index (χ0v) is 25.9. The van der Waals surface area contributed by atoms with Crippen molar-refractivity contribution >= 4 is 22.7 Å². The number of hydrogen-bond donors (Lipinski definition) is 3. The number of hydrogen-bond acceptors (Lipinski definition) is 7. The summed E-state index contributed by atoms with van der Waals surface area (Å²) in [6.45, 7) is 0.419. The average Bonchev–Trinajstić information content (AvgIpc) is 3.82. The number of nitrogens with two attached hydrogens (primary N) is 1. The van der Waals surface area contributed by atoms with Crippen molar-refractivity contribution in [2.24, 2.45) is 0 Å². The highest BCUT2D eigenvalue weighted by molar-refractivity contribution is 5.70. The second kappa shape index (κ2) is 14.8. The number of imidazole rings is 2. The first kappa shape index (κ1) is 35.0. The third-order valence-corrected chi connectivity index (χ3v) is 7.31. The fourth-order valence-electron chi connectivity index (χ4n) is 4.91. The minimum atomic E-state index is -4.74. The van der Waals surface area contributed by atoms with E-state index < -0.39 is 34.1 Å². The van der Waals surface area contributed by atoms with Crippen LogP contribution in [-0.2, 0) is 25.4 Å². The maximum absolute atomic E-state index is 13.4. The highest BCUT2D eigenvalue weighted by atomic mass is 19.4. The minimum Gasteiger partial charge on any atom is -0.397 e. The van der Waals surface area contributed by atoms with E-state index in [-0.39, 0.29) is 35.8 Å². The van der Waals surface area contributed by atoms with Gasteiger partial charge in [0.05, 0.1) is 40.1 Å². The molecule has 6 rings (SSSR count). The summed E-state index contributed by atoms with van der Waals surface area (Å²) in [6, 6.07) is 22.1. The molecule has 10 nitrogen and oxygen atoms in total. The lowest BCUT2D eigenvalue weighted by atomic mass is 10.1. The van der Waals surface area contributed by atoms with Gasteiger partial charge in [0, 0.05) is 55.3 Å². The molecule has 0 amide bonds. The topological polar surface area (TPSA) is 129 Å². The number of nitrogens with one attached hydrogen (secondary N) is 2. The van der Waals surface area contributed by atoms with Crippen molar-refractivity contribution in [3.05, 3.63) is 155 Å². The summed E-state index contributed by atoms with van der Waals surface area (Å²) in [5, 5.41) is 16.9. The van der Waals surface area contributed by atoms with Gasteiger partial charge in [0.2, 0.25) is 0 Å². The number of aromatic nitrogens is 4. The third kappa shape index (κ3) is 8.58. The molecule has 16 heteroatoms. The monoisotopic (exact) mass is 694 g/mol. The van der Waals surface area contributed by atoms with Crippen LogP contribution in [0.1, 0.15) is 22.3 Å². The second-order valence-electron chi connectivity index (χ2n) is 10.7. The molecule has 0 fully saturated rings. The summed E-state index contributed by atoms with van der Waals surface area (Å²) in [7, 11) is 0. The van der Waals surface area contributed by atoms with Crippen LogP contribution in [0.15, 0.2) is 122 Å². The number of nitrogens with zero attached hydrogens (tertiary/aromatic N) is 5. The molecule has 2 aromatic heterocycles. The van der Waals surface area contributed by atoms with Crippen molar-refractivity contribution < 1.29 is 31.3 Å². The van der Waals surface area contributed by atoms with E-state index in [0.717, 1.165) is 23.3 Å². The number of alkyl halides is 6. The quantitative estimate of drug-likeness (QED) is 0.0599. The van der Waals surface area contributed by atoms with Gasteiger partial charge in [-0.05, 0) is 29.3 Å². The van der Waals surface area contributed by atoms with Crippen LogP contribution in [0.4, 0.5) is 49.1 Å². The smallest absolute Gasteiger partial charge is 0.397 e. The van der Waals surface area contributed by atoms with Crippen LogP contribution in [0.3, 0.4) is 0 Å². The zero-order chi connectivity index (χ0) is 35.9. The number of benzene rings is 4. The Morgan fingerprint density at radius 1 is 0.680 bits per heavy atom. The van der Waals surface area contributed by atoms with Gasteiger partial charge in [0.15, 0.2) is 0 Å². The highest BCUT2D eigenvalue weighted by Crippen LogP contribution is 2.41. The van der Waals surface area contributed by atoms with Crippen molar-refractivity contribution in [3.63, 3.8) is 0 Å². The predicted molar refractivity (Wildman–Crippen MR) is 176 cm³/mol. The van der Waals surface area contributed by atoms with Gasteiger partial charge >= 0.3 is 12.4 Å². The van der Waals surface area contributed by atoms with E-state index in [1.165, 1.54) is 41.9 Å². The van der Waals surface area contributed by atoms with Crippen LogP contribution in [0, 0.1) is 10.1 Å². The normalized spacial score (nSPS) is 11.4. The molecule has 0 aliphatic carbocycles. The summed E-state index contributed by atoms with van der Waals surface area (Å²) in [6.07, 6.45) is -0.489. The first-order valence-corrected chi connectivity index (χ1v) is 14.7. The van der Waals surface area contributed by atoms with Crippen LogP contribution in [0.5, 0.6) is 0 Å². The maximum atomic E-state index is 13.4. The Labute approximate surface area is 281 Å². The molecular formula is C34H28F6N8O2. The standard InChI is InChI=1S/C17H13F3N4O2.C17H15F3N4/c18-17(19,20)13-8-16(24(25)26)15(23-7-6-21-11-23)9-14(13)22-10-12-4-2-1-3-5-12;18-17(19,20)13-8-14(21)16(24-7-6-22-11-24)9-15(13)23-10-12-4-2-1-3-5-12/h1-9,11,22H,10H2;1-9,11,23H,10,21H2. The van der Waals surface area contributed by atoms with E-state index in [2.05, 4.69) is 20.6 Å². The Bertz CT molecular complexity index is 2020. The summed E-state index contributed by atoms with van der Waals surface area (Å²) < 4.78 is 83.0. The van der Waals surface area contributed by atoms with Crippen molar-refractivity contribution in [3.8, 4) is 11.4 Å². The molecule has 0 aliphatic heterocycles. The molecule has 0 unspecified atom stereocenters. The molecular weight excluding hydrogens is 666 g/mol. The van der Waals surface area contributed by atoms with Crippen LogP contribution in [0.2, 0.25) is 0 Å². The highest BCUT2D eigenvalue weighted by Gasteiger charge is 2.37. The van der Waals surface area contributed by atoms with Crippen molar-refractivity contribution in [1.29, 1.82) is 0 Å². The Morgan fingerprint density at radius 2 is 1.12 bits per heavy atom. The van der Waals surface area contributed by atoms with Gasteiger partial charge in [-0.2, -0.15) is 26.3 Å². The van der Waals surface area contributed by atoms with Gasteiger partial charge in [-0.15, -0.1) is 0 Å². The molecule has 0 aliphatic rings. The zero-order valence-electron chi connectivity index (χ0n) is 25.9.